The van der Waals surface area contributed by atoms with Crippen LogP contribution in [0.4, 0.5) is 0 Å². The summed E-state index contributed by atoms with van der Waals surface area (Å²) >= 11 is 0. The van der Waals surface area contributed by atoms with Gasteiger partial charge in [-0.05, 0) is 25.3 Å². The number of hydrogen-bond donors (Lipinski definition) is 0. The average molecular weight is 316 g/mol. The summed E-state index contributed by atoms with van der Waals surface area (Å²) in [6, 6.07) is 21.0. The van der Waals surface area contributed by atoms with Crippen molar-refractivity contribution in [2.75, 3.05) is 0 Å². The van der Waals surface area contributed by atoms with Gasteiger partial charge in [0.05, 0.1) is 11.4 Å². The Hall–Kier alpha value is -2.48. The summed E-state index contributed by atoms with van der Waals surface area (Å²) < 4.78 is 0. The second-order valence-corrected chi connectivity index (χ2v) is 6.13. The Morgan fingerprint density at radius 1 is 0.750 bits per heavy atom. The first-order valence-corrected chi connectivity index (χ1v) is 8.78. The molecule has 2 aromatic carbocycles. The van der Waals surface area contributed by atoms with Gasteiger partial charge in [0.2, 0.25) is 0 Å². The standard InChI is InChI=1S/C22H24N2/c1-3-4-7-16-20-21(18-12-8-5-9-13-18)22(24-17(2)23-20)19-14-10-6-11-15-19/h5-6,8-15H,3-4,7,16H2,1-2H3. The zero-order valence-corrected chi connectivity index (χ0v) is 14.5. The van der Waals surface area contributed by atoms with Crippen LogP contribution in [0.25, 0.3) is 22.4 Å². The van der Waals surface area contributed by atoms with Gasteiger partial charge in [0.25, 0.3) is 0 Å². The van der Waals surface area contributed by atoms with Crippen molar-refractivity contribution in [3.63, 3.8) is 0 Å². The largest absolute Gasteiger partial charge is 0.238 e. The Morgan fingerprint density at radius 3 is 2.00 bits per heavy atom. The SMILES string of the molecule is CCCCCc1nc(C)nc(-c2ccccc2)c1-c1ccccc1. The molecule has 24 heavy (non-hydrogen) atoms. The van der Waals surface area contributed by atoms with Crippen LogP contribution in [0.3, 0.4) is 0 Å². The zero-order chi connectivity index (χ0) is 16.8. The van der Waals surface area contributed by atoms with Gasteiger partial charge in [-0.1, -0.05) is 80.4 Å². The number of hydrogen-bond acceptors (Lipinski definition) is 2. The van der Waals surface area contributed by atoms with Gasteiger partial charge in [0.15, 0.2) is 0 Å². The molecular weight excluding hydrogens is 292 g/mol. The molecule has 0 radical (unpaired) electrons. The van der Waals surface area contributed by atoms with Crippen molar-refractivity contribution in [2.24, 2.45) is 0 Å². The van der Waals surface area contributed by atoms with Gasteiger partial charge in [-0.3, -0.25) is 0 Å². The molecule has 1 heterocycles. The van der Waals surface area contributed by atoms with E-state index in [1.165, 1.54) is 36.1 Å². The molecule has 0 saturated carbocycles. The molecule has 0 unspecified atom stereocenters. The van der Waals surface area contributed by atoms with Crippen molar-refractivity contribution < 1.29 is 0 Å². The molecule has 0 saturated heterocycles. The Morgan fingerprint density at radius 2 is 1.38 bits per heavy atom. The van der Waals surface area contributed by atoms with Gasteiger partial charge in [0.1, 0.15) is 5.82 Å². The highest BCUT2D eigenvalue weighted by atomic mass is 14.9. The van der Waals surface area contributed by atoms with E-state index in [2.05, 4.69) is 61.5 Å². The number of aryl methyl sites for hydroxylation is 2. The monoisotopic (exact) mass is 316 g/mol. The molecule has 3 aromatic rings. The van der Waals surface area contributed by atoms with Crippen LogP contribution in [0.2, 0.25) is 0 Å². The lowest BCUT2D eigenvalue weighted by atomic mass is 9.95. The molecule has 0 aliphatic carbocycles. The van der Waals surface area contributed by atoms with E-state index >= 15 is 0 Å². The second-order valence-electron chi connectivity index (χ2n) is 6.13. The van der Waals surface area contributed by atoms with Crippen LogP contribution < -0.4 is 0 Å². The summed E-state index contributed by atoms with van der Waals surface area (Å²) in [4.78, 5) is 9.59. The van der Waals surface area contributed by atoms with E-state index in [0.29, 0.717) is 0 Å². The van der Waals surface area contributed by atoms with Crippen LogP contribution >= 0.6 is 0 Å². The molecule has 2 nitrogen and oxygen atoms in total. The fourth-order valence-electron chi connectivity index (χ4n) is 3.07. The van der Waals surface area contributed by atoms with E-state index in [9.17, 15) is 0 Å². The van der Waals surface area contributed by atoms with Crippen molar-refractivity contribution in [1.29, 1.82) is 0 Å². The molecule has 2 heteroatoms. The van der Waals surface area contributed by atoms with Gasteiger partial charge in [0, 0.05) is 11.1 Å². The quantitative estimate of drug-likeness (QED) is 0.533. The number of unbranched alkanes of at least 4 members (excludes halogenated alkanes) is 2. The maximum Gasteiger partial charge on any atom is 0.126 e. The minimum atomic E-state index is 0.847. The predicted octanol–water partition coefficient (Wildman–Crippen LogP) is 5.85. The van der Waals surface area contributed by atoms with Crippen molar-refractivity contribution in [3.8, 4) is 22.4 Å². The first-order chi connectivity index (χ1) is 11.8. The van der Waals surface area contributed by atoms with Crippen molar-refractivity contribution in [1.82, 2.24) is 9.97 Å². The van der Waals surface area contributed by atoms with E-state index in [0.717, 1.165) is 23.5 Å². The zero-order valence-electron chi connectivity index (χ0n) is 14.5. The molecule has 0 atom stereocenters. The third kappa shape index (κ3) is 3.70. The van der Waals surface area contributed by atoms with Crippen molar-refractivity contribution in [3.05, 3.63) is 72.2 Å². The van der Waals surface area contributed by atoms with E-state index < -0.39 is 0 Å². The topological polar surface area (TPSA) is 25.8 Å². The lowest BCUT2D eigenvalue weighted by molar-refractivity contribution is 0.705. The van der Waals surface area contributed by atoms with Crippen LogP contribution in [0.5, 0.6) is 0 Å². The number of aromatic nitrogens is 2. The van der Waals surface area contributed by atoms with Gasteiger partial charge in [-0.2, -0.15) is 0 Å². The molecule has 1 aromatic heterocycles. The summed E-state index contributed by atoms with van der Waals surface area (Å²) in [5.74, 6) is 0.847. The number of rotatable bonds is 6. The molecule has 3 rings (SSSR count). The smallest absolute Gasteiger partial charge is 0.126 e. The van der Waals surface area contributed by atoms with Crippen LogP contribution in [-0.2, 0) is 6.42 Å². The maximum absolute atomic E-state index is 4.80. The molecule has 0 aliphatic rings. The Labute approximate surface area is 144 Å². The molecular formula is C22H24N2. The highest BCUT2D eigenvalue weighted by molar-refractivity contribution is 5.82. The van der Waals surface area contributed by atoms with Crippen molar-refractivity contribution in [2.45, 2.75) is 39.5 Å². The third-order valence-corrected chi connectivity index (χ3v) is 4.22. The normalized spacial score (nSPS) is 10.8. The van der Waals surface area contributed by atoms with Crippen LogP contribution in [0.1, 0.15) is 37.7 Å². The van der Waals surface area contributed by atoms with Crippen molar-refractivity contribution >= 4 is 0 Å². The highest BCUT2D eigenvalue weighted by Crippen LogP contribution is 2.33. The summed E-state index contributed by atoms with van der Waals surface area (Å²) in [5.41, 5.74) is 5.74. The summed E-state index contributed by atoms with van der Waals surface area (Å²) in [6.07, 6.45) is 4.62. The van der Waals surface area contributed by atoms with Gasteiger partial charge in [-0.15, -0.1) is 0 Å². The van der Waals surface area contributed by atoms with E-state index in [1.807, 2.05) is 13.0 Å². The molecule has 0 spiro atoms. The predicted molar refractivity (Wildman–Crippen MR) is 101 cm³/mol. The fraction of sp³-hybridized carbons (Fsp3) is 0.273. The molecule has 122 valence electrons. The summed E-state index contributed by atoms with van der Waals surface area (Å²) in [7, 11) is 0. The lowest BCUT2D eigenvalue weighted by Gasteiger charge is -2.15. The minimum Gasteiger partial charge on any atom is -0.238 e. The maximum atomic E-state index is 4.80. The molecule has 0 N–H and O–H groups in total. The average Bonchev–Trinajstić information content (AvgIpc) is 2.63. The third-order valence-electron chi connectivity index (χ3n) is 4.22. The Kier molecular flexibility index (Phi) is 5.37. The Balaban J connectivity index is 2.16. The number of benzene rings is 2. The van der Waals surface area contributed by atoms with Gasteiger partial charge >= 0.3 is 0 Å². The molecule has 0 aliphatic heterocycles. The lowest BCUT2D eigenvalue weighted by Crippen LogP contribution is -2.03. The number of nitrogens with zero attached hydrogens (tertiary/aromatic N) is 2. The molecule has 0 amide bonds. The molecule has 0 bridgehead atoms. The first kappa shape index (κ1) is 16.4. The van der Waals surface area contributed by atoms with Crippen LogP contribution in [-0.4, -0.2) is 9.97 Å². The van der Waals surface area contributed by atoms with Gasteiger partial charge in [-0.25, -0.2) is 9.97 Å². The fourth-order valence-corrected chi connectivity index (χ4v) is 3.07. The van der Waals surface area contributed by atoms with Gasteiger partial charge < -0.3 is 0 Å². The second kappa shape index (κ2) is 7.87. The highest BCUT2D eigenvalue weighted by Gasteiger charge is 2.16. The van der Waals surface area contributed by atoms with Crippen LogP contribution in [0, 0.1) is 6.92 Å². The minimum absolute atomic E-state index is 0.847. The van der Waals surface area contributed by atoms with E-state index in [-0.39, 0.29) is 0 Å². The Bertz CT molecular complexity index is 780. The van der Waals surface area contributed by atoms with E-state index in [4.69, 9.17) is 9.97 Å². The first-order valence-electron chi connectivity index (χ1n) is 8.78. The van der Waals surface area contributed by atoms with Crippen LogP contribution in [0.15, 0.2) is 60.7 Å². The summed E-state index contributed by atoms with van der Waals surface area (Å²) in [6.45, 7) is 4.23. The summed E-state index contributed by atoms with van der Waals surface area (Å²) in [5, 5.41) is 0. The molecule has 0 fully saturated rings. The van der Waals surface area contributed by atoms with E-state index in [1.54, 1.807) is 0 Å².